The number of carbonyl (C=O) groups excluding carboxylic acids is 1. The number of benzene rings is 1. The number of rotatable bonds is 1. The molecule has 0 aliphatic heterocycles. The lowest BCUT2D eigenvalue weighted by Gasteiger charge is -2.16. The quantitative estimate of drug-likeness (QED) is 0.798. The summed E-state index contributed by atoms with van der Waals surface area (Å²) in [4.78, 5) is 24.2. The van der Waals surface area contributed by atoms with E-state index >= 15 is 0 Å². The molecular weight excluding hydrogens is 222 g/mol. The third-order valence-electron chi connectivity index (χ3n) is 2.68. The van der Waals surface area contributed by atoms with Crippen LogP contribution in [-0.4, -0.2) is 24.7 Å². The Morgan fingerprint density at radius 3 is 2.82 bits per heavy atom. The normalized spacial score (nSPS) is 10.5. The molecule has 6 nitrogen and oxygen atoms in total. The lowest BCUT2D eigenvalue weighted by molar-refractivity contribution is 0.249. The van der Waals surface area contributed by atoms with E-state index in [1.54, 1.807) is 39.3 Å². The van der Waals surface area contributed by atoms with Crippen molar-refractivity contribution in [2.45, 2.75) is 0 Å². The van der Waals surface area contributed by atoms with E-state index in [1.807, 2.05) is 0 Å². The van der Waals surface area contributed by atoms with Crippen molar-refractivity contribution in [1.29, 1.82) is 0 Å². The molecule has 0 spiro atoms. The van der Waals surface area contributed by atoms with E-state index in [0.717, 1.165) is 0 Å². The number of anilines is 1. The van der Waals surface area contributed by atoms with Gasteiger partial charge in [0, 0.05) is 32.9 Å². The number of nitrogens with zero attached hydrogens (tertiary/aromatic N) is 2. The van der Waals surface area contributed by atoms with Gasteiger partial charge in [-0.3, -0.25) is 9.47 Å². The predicted octanol–water partition coefficient (Wildman–Crippen LogP) is 0.907. The summed E-state index contributed by atoms with van der Waals surface area (Å²) in [6, 6.07) is 4.93. The van der Waals surface area contributed by atoms with Crippen molar-refractivity contribution in [2.75, 3.05) is 19.0 Å². The van der Waals surface area contributed by atoms with Crippen LogP contribution in [0, 0.1) is 0 Å². The van der Waals surface area contributed by atoms with E-state index in [0.29, 0.717) is 16.8 Å². The summed E-state index contributed by atoms with van der Waals surface area (Å²) >= 11 is 0. The van der Waals surface area contributed by atoms with Crippen molar-refractivity contribution >= 4 is 22.8 Å². The zero-order valence-electron chi connectivity index (χ0n) is 9.85. The maximum atomic E-state index is 11.4. The molecule has 0 bridgehead atoms. The Labute approximate surface area is 97.4 Å². The maximum absolute atomic E-state index is 11.4. The molecule has 0 aliphatic carbocycles. The summed E-state index contributed by atoms with van der Waals surface area (Å²) in [6.45, 7) is 0. The first-order valence-electron chi connectivity index (χ1n) is 5.09. The smallest absolute Gasteiger partial charge is 0.408 e. The SMILES string of the molecule is CNC(=O)N(C)c1ccc2c(c1)oc(=O)n2C. The highest BCUT2D eigenvalue weighted by atomic mass is 16.4. The molecule has 1 N–H and O–H groups in total. The number of nitrogens with one attached hydrogen (secondary N) is 1. The molecule has 0 saturated carbocycles. The zero-order valence-corrected chi connectivity index (χ0v) is 9.85. The monoisotopic (exact) mass is 235 g/mol. The lowest BCUT2D eigenvalue weighted by atomic mass is 10.2. The molecule has 1 aromatic heterocycles. The van der Waals surface area contributed by atoms with Crippen LogP contribution in [0.2, 0.25) is 0 Å². The van der Waals surface area contributed by atoms with Gasteiger partial charge in [-0.25, -0.2) is 9.59 Å². The number of hydrogen-bond acceptors (Lipinski definition) is 3. The van der Waals surface area contributed by atoms with Crippen molar-refractivity contribution in [2.24, 2.45) is 7.05 Å². The van der Waals surface area contributed by atoms with E-state index in [1.165, 1.54) is 9.47 Å². The topological polar surface area (TPSA) is 67.5 Å². The average Bonchev–Trinajstić information content (AvgIpc) is 2.62. The molecule has 0 aliphatic rings. The first kappa shape index (κ1) is 11.3. The van der Waals surface area contributed by atoms with Crippen LogP contribution in [0.4, 0.5) is 10.5 Å². The van der Waals surface area contributed by atoms with Crippen LogP contribution in [0.3, 0.4) is 0 Å². The number of aryl methyl sites for hydroxylation is 1. The van der Waals surface area contributed by atoms with Gasteiger partial charge in [0.2, 0.25) is 0 Å². The Kier molecular flexibility index (Phi) is 2.63. The predicted molar refractivity (Wildman–Crippen MR) is 64.3 cm³/mol. The Balaban J connectivity index is 2.52. The van der Waals surface area contributed by atoms with Gasteiger partial charge in [0.25, 0.3) is 0 Å². The second kappa shape index (κ2) is 3.97. The Morgan fingerprint density at radius 2 is 2.18 bits per heavy atom. The molecule has 90 valence electrons. The van der Waals surface area contributed by atoms with Crippen LogP contribution >= 0.6 is 0 Å². The fourth-order valence-corrected chi connectivity index (χ4v) is 1.62. The minimum Gasteiger partial charge on any atom is -0.408 e. The molecule has 0 fully saturated rings. The lowest BCUT2D eigenvalue weighted by Crippen LogP contribution is -2.34. The molecule has 6 heteroatoms. The van der Waals surface area contributed by atoms with E-state index in [-0.39, 0.29) is 6.03 Å². The van der Waals surface area contributed by atoms with Gasteiger partial charge < -0.3 is 9.73 Å². The number of hydrogen-bond donors (Lipinski definition) is 1. The number of carbonyl (C=O) groups is 1. The molecule has 1 aromatic carbocycles. The van der Waals surface area contributed by atoms with E-state index in [9.17, 15) is 9.59 Å². The summed E-state index contributed by atoms with van der Waals surface area (Å²) in [7, 11) is 4.83. The average molecular weight is 235 g/mol. The fourth-order valence-electron chi connectivity index (χ4n) is 1.62. The Morgan fingerprint density at radius 1 is 1.47 bits per heavy atom. The summed E-state index contributed by atoms with van der Waals surface area (Å²) in [6.07, 6.45) is 0. The number of urea groups is 1. The first-order chi connectivity index (χ1) is 8.04. The molecule has 2 aromatic rings. The second-order valence-electron chi connectivity index (χ2n) is 3.69. The molecule has 0 unspecified atom stereocenters. The molecule has 17 heavy (non-hydrogen) atoms. The van der Waals surface area contributed by atoms with Gasteiger partial charge in [-0.05, 0) is 12.1 Å². The minimum absolute atomic E-state index is 0.234. The summed E-state index contributed by atoms with van der Waals surface area (Å²) in [5.74, 6) is -0.417. The number of oxazole rings is 1. The number of aromatic nitrogens is 1. The van der Waals surface area contributed by atoms with Crippen LogP contribution in [0.5, 0.6) is 0 Å². The summed E-state index contributed by atoms with van der Waals surface area (Å²) in [5.41, 5.74) is 1.82. The standard InChI is InChI=1S/C11H13N3O3/c1-12-10(15)13(2)7-4-5-8-9(6-7)17-11(16)14(8)3/h4-6H,1-3H3,(H,12,15). The van der Waals surface area contributed by atoms with Gasteiger partial charge in [-0.15, -0.1) is 0 Å². The molecule has 0 atom stereocenters. The molecule has 2 amide bonds. The molecular formula is C11H13N3O3. The van der Waals surface area contributed by atoms with Crippen molar-refractivity contribution in [3.05, 3.63) is 28.7 Å². The highest BCUT2D eigenvalue weighted by Gasteiger charge is 2.12. The van der Waals surface area contributed by atoms with Crippen molar-refractivity contribution in [1.82, 2.24) is 9.88 Å². The molecule has 1 heterocycles. The van der Waals surface area contributed by atoms with Crippen LogP contribution < -0.4 is 16.0 Å². The van der Waals surface area contributed by atoms with Gasteiger partial charge in [0.05, 0.1) is 5.52 Å². The molecule has 0 saturated heterocycles. The van der Waals surface area contributed by atoms with Crippen LogP contribution in [0.1, 0.15) is 0 Å². The number of amides is 2. The van der Waals surface area contributed by atoms with Gasteiger partial charge in [0.15, 0.2) is 5.58 Å². The zero-order chi connectivity index (χ0) is 12.6. The van der Waals surface area contributed by atoms with Crippen molar-refractivity contribution in [3.8, 4) is 0 Å². The van der Waals surface area contributed by atoms with Gasteiger partial charge >= 0.3 is 11.8 Å². The third-order valence-corrected chi connectivity index (χ3v) is 2.68. The maximum Gasteiger partial charge on any atom is 0.419 e. The van der Waals surface area contributed by atoms with Crippen LogP contribution in [0.15, 0.2) is 27.4 Å². The van der Waals surface area contributed by atoms with Crippen molar-refractivity contribution in [3.63, 3.8) is 0 Å². The largest absolute Gasteiger partial charge is 0.419 e. The Bertz CT molecular complexity index is 626. The highest BCUT2D eigenvalue weighted by molar-refractivity contribution is 5.93. The van der Waals surface area contributed by atoms with Gasteiger partial charge in [0.1, 0.15) is 0 Å². The molecule has 0 radical (unpaired) electrons. The fraction of sp³-hybridized carbons (Fsp3) is 0.273. The van der Waals surface area contributed by atoms with Crippen molar-refractivity contribution < 1.29 is 9.21 Å². The van der Waals surface area contributed by atoms with E-state index in [2.05, 4.69) is 5.32 Å². The van der Waals surface area contributed by atoms with Gasteiger partial charge in [-0.1, -0.05) is 0 Å². The first-order valence-corrected chi connectivity index (χ1v) is 5.09. The van der Waals surface area contributed by atoms with Crippen LogP contribution in [-0.2, 0) is 7.05 Å². The highest BCUT2D eigenvalue weighted by Crippen LogP contribution is 2.20. The van der Waals surface area contributed by atoms with Crippen LogP contribution in [0.25, 0.3) is 11.1 Å². The van der Waals surface area contributed by atoms with E-state index in [4.69, 9.17) is 4.42 Å². The second-order valence-corrected chi connectivity index (χ2v) is 3.69. The molecule has 2 rings (SSSR count). The Hall–Kier alpha value is -2.24. The number of fused-ring (bicyclic) bond motifs is 1. The van der Waals surface area contributed by atoms with E-state index < -0.39 is 5.76 Å². The van der Waals surface area contributed by atoms with Gasteiger partial charge in [-0.2, -0.15) is 0 Å². The summed E-state index contributed by atoms with van der Waals surface area (Å²) in [5, 5.41) is 2.52. The summed E-state index contributed by atoms with van der Waals surface area (Å²) < 4.78 is 6.47. The third kappa shape index (κ3) is 1.77. The minimum atomic E-state index is -0.417.